The van der Waals surface area contributed by atoms with Crippen LogP contribution in [-0.4, -0.2) is 32.2 Å². The van der Waals surface area contributed by atoms with Gasteiger partial charge in [0.15, 0.2) is 0 Å². The topological polar surface area (TPSA) is 64.3 Å². The Hall–Kier alpha value is -1.39. The summed E-state index contributed by atoms with van der Waals surface area (Å²) in [6.45, 7) is 4.50. The van der Waals surface area contributed by atoms with Crippen LogP contribution < -0.4 is 11.1 Å². The van der Waals surface area contributed by atoms with Crippen molar-refractivity contribution in [2.75, 3.05) is 26.3 Å². The normalized spacial score (nSPS) is 10.4. The third-order valence-corrected chi connectivity index (χ3v) is 2.77. The van der Waals surface area contributed by atoms with Gasteiger partial charge in [-0.2, -0.15) is 0 Å². The number of carbonyl (C=O) groups is 1. The van der Waals surface area contributed by atoms with E-state index in [0.29, 0.717) is 32.7 Å². The van der Waals surface area contributed by atoms with Crippen LogP contribution in [0.25, 0.3) is 0 Å². The lowest BCUT2D eigenvalue weighted by Crippen LogP contribution is -2.25. The van der Waals surface area contributed by atoms with E-state index in [1.807, 2.05) is 6.07 Å². The van der Waals surface area contributed by atoms with E-state index in [-0.39, 0.29) is 5.91 Å². The number of rotatable bonds is 9. The number of benzene rings is 1. The molecule has 0 aliphatic carbocycles. The van der Waals surface area contributed by atoms with E-state index in [4.69, 9.17) is 10.5 Å². The molecule has 0 saturated carbocycles. The van der Waals surface area contributed by atoms with Crippen molar-refractivity contribution < 1.29 is 9.53 Å². The smallest absolute Gasteiger partial charge is 0.220 e. The average Bonchev–Trinajstić information content (AvgIpc) is 2.40. The Balaban J connectivity index is 2.08. The van der Waals surface area contributed by atoms with Crippen molar-refractivity contribution in [2.45, 2.75) is 26.2 Å². The summed E-state index contributed by atoms with van der Waals surface area (Å²) in [7, 11) is 0. The van der Waals surface area contributed by atoms with Crippen LogP contribution in [0.1, 0.15) is 24.0 Å². The van der Waals surface area contributed by atoms with E-state index in [0.717, 1.165) is 12.8 Å². The van der Waals surface area contributed by atoms with E-state index in [2.05, 4.69) is 30.4 Å². The quantitative estimate of drug-likeness (QED) is 0.663. The summed E-state index contributed by atoms with van der Waals surface area (Å²) < 4.78 is 5.23. The number of aryl methyl sites for hydroxylation is 2. The summed E-state index contributed by atoms with van der Waals surface area (Å²) in [4.78, 5) is 11.6. The van der Waals surface area contributed by atoms with Crippen LogP contribution in [0.4, 0.5) is 0 Å². The molecule has 0 radical (unpaired) electrons. The Labute approximate surface area is 115 Å². The van der Waals surface area contributed by atoms with Gasteiger partial charge < -0.3 is 15.8 Å². The van der Waals surface area contributed by atoms with Crippen molar-refractivity contribution in [3.8, 4) is 0 Å². The SMILES string of the molecule is Cc1cccc(CCC(=O)NCCCOCCN)c1. The van der Waals surface area contributed by atoms with Crippen LogP contribution in [0, 0.1) is 6.92 Å². The van der Waals surface area contributed by atoms with Gasteiger partial charge >= 0.3 is 0 Å². The van der Waals surface area contributed by atoms with Crippen molar-refractivity contribution >= 4 is 5.91 Å². The molecule has 19 heavy (non-hydrogen) atoms. The molecule has 0 fully saturated rings. The van der Waals surface area contributed by atoms with E-state index >= 15 is 0 Å². The molecule has 1 rings (SSSR count). The fraction of sp³-hybridized carbons (Fsp3) is 0.533. The molecule has 0 bridgehead atoms. The molecule has 0 atom stereocenters. The van der Waals surface area contributed by atoms with Crippen LogP contribution in [-0.2, 0) is 16.0 Å². The van der Waals surface area contributed by atoms with E-state index in [9.17, 15) is 4.79 Å². The molecule has 0 aliphatic heterocycles. The third-order valence-electron chi connectivity index (χ3n) is 2.77. The number of nitrogens with two attached hydrogens (primary N) is 1. The predicted octanol–water partition coefficient (Wildman–Crippen LogP) is 1.41. The van der Waals surface area contributed by atoms with Crippen LogP contribution >= 0.6 is 0 Å². The molecule has 4 heteroatoms. The maximum Gasteiger partial charge on any atom is 0.220 e. The number of hydrogen-bond acceptors (Lipinski definition) is 3. The zero-order chi connectivity index (χ0) is 13.9. The lowest BCUT2D eigenvalue weighted by atomic mass is 10.1. The van der Waals surface area contributed by atoms with Crippen LogP contribution in [0.15, 0.2) is 24.3 Å². The molecule has 0 aliphatic rings. The molecule has 106 valence electrons. The van der Waals surface area contributed by atoms with Crippen molar-refractivity contribution in [1.29, 1.82) is 0 Å². The Morgan fingerprint density at radius 1 is 1.37 bits per heavy atom. The lowest BCUT2D eigenvalue weighted by molar-refractivity contribution is -0.121. The van der Waals surface area contributed by atoms with Crippen molar-refractivity contribution in [3.63, 3.8) is 0 Å². The van der Waals surface area contributed by atoms with Crippen molar-refractivity contribution in [2.24, 2.45) is 5.73 Å². The first-order valence-electron chi connectivity index (χ1n) is 6.82. The highest BCUT2D eigenvalue weighted by Gasteiger charge is 2.01. The van der Waals surface area contributed by atoms with Gasteiger partial charge in [0.2, 0.25) is 5.91 Å². The maximum atomic E-state index is 11.6. The molecule has 0 aromatic heterocycles. The van der Waals surface area contributed by atoms with Gasteiger partial charge in [-0.15, -0.1) is 0 Å². The van der Waals surface area contributed by atoms with Gasteiger partial charge in [-0.25, -0.2) is 0 Å². The van der Waals surface area contributed by atoms with Crippen LogP contribution in [0.2, 0.25) is 0 Å². The molecule has 4 nitrogen and oxygen atoms in total. The molecule has 1 amide bonds. The molecular weight excluding hydrogens is 240 g/mol. The third kappa shape index (κ3) is 7.59. The molecule has 0 unspecified atom stereocenters. The second kappa shape index (κ2) is 9.53. The summed E-state index contributed by atoms with van der Waals surface area (Å²) in [5, 5.41) is 2.89. The second-order valence-corrected chi connectivity index (χ2v) is 4.59. The van der Waals surface area contributed by atoms with E-state index in [1.54, 1.807) is 0 Å². The summed E-state index contributed by atoms with van der Waals surface area (Å²) in [5.41, 5.74) is 7.74. The van der Waals surface area contributed by atoms with Gasteiger partial charge in [-0.1, -0.05) is 29.8 Å². The number of hydrogen-bond donors (Lipinski definition) is 2. The van der Waals surface area contributed by atoms with Gasteiger partial charge in [0, 0.05) is 26.1 Å². The average molecular weight is 264 g/mol. The van der Waals surface area contributed by atoms with Gasteiger partial charge in [0.05, 0.1) is 6.61 Å². The number of carbonyl (C=O) groups excluding carboxylic acids is 1. The molecule has 0 spiro atoms. The molecule has 0 heterocycles. The zero-order valence-corrected chi connectivity index (χ0v) is 11.7. The largest absolute Gasteiger partial charge is 0.380 e. The minimum absolute atomic E-state index is 0.0975. The number of ether oxygens (including phenoxy) is 1. The Morgan fingerprint density at radius 2 is 2.21 bits per heavy atom. The van der Waals surface area contributed by atoms with Crippen LogP contribution in [0.3, 0.4) is 0 Å². The van der Waals surface area contributed by atoms with E-state index < -0.39 is 0 Å². The first-order chi connectivity index (χ1) is 9.22. The van der Waals surface area contributed by atoms with Gasteiger partial charge in [0.1, 0.15) is 0 Å². The highest BCUT2D eigenvalue weighted by atomic mass is 16.5. The van der Waals surface area contributed by atoms with Gasteiger partial charge in [0.25, 0.3) is 0 Å². The Morgan fingerprint density at radius 3 is 2.95 bits per heavy atom. The zero-order valence-electron chi connectivity index (χ0n) is 11.7. The minimum atomic E-state index is 0.0975. The Bertz CT molecular complexity index is 380. The van der Waals surface area contributed by atoms with Gasteiger partial charge in [-0.05, 0) is 25.3 Å². The summed E-state index contributed by atoms with van der Waals surface area (Å²) >= 11 is 0. The molecule has 0 saturated heterocycles. The molecular formula is C15H24N2O2. The summed E-state index contributed by atoms with van der Waals surface area (Å²) in [5.74, 6) is 0.0975. The fourth-order valence-corrected chi connectivity index (χ4v) is 1.80. The number of nitrogens with one attached hydrogen (secondary N) is 1. The number of amides is 1. The van der Waals surface area contributed by atoms with Gasteiger partial charge in [-0.3, -0.25) is 4.79 Å². The minimum Gasteiger partial charge on any atom is -0.380 e. The highest BCUT2D eigenvalue weighted by Crippen LogP contribution is 2.06. The molecule has 1 aromatic rings. The monoisotopic (exact) mass is 264 g/mol. The predicted molar refractivity (Wildman–Crippen MR) is 77.0 cm³/mol. The summed E-state index contributed by atoms with van der Waals surface area (Å²) in [6, 6.07) is 8.26. The molecule has 1 aromatic carbocycles. The van der Waals surface area contributed by atoms with Crippen LogP contribution in [0.5, 0.6) is 0 Å². The lowest BCUT2D eigenvalue weighted by Gasteiger charge is -2.06. The summed E-state index contributed by atoms with van der Waals surface area (Å²) in [6.07, 6.45) is 2.15. The first kappa shape index (κ1) is 15.7. The fourth-order valence-electron chi connectivity index (χ4n) is 1.80. The second-order valence-electron chi connectivity index (χ2n) is 4.59. The standard InChI is InChI=1S/C15H24N2O2/c1-13-4-2-5-14(12-13)6-7-15(18)17-9-3-10-19-11-8-16/h2,4-5,12H,3,6-11,16H2,1H3,(H,17,18). The Kier molecular flexibility index (Phi) is 7.86. The van der Waals surface area contributed by atoms with Crippen molar-refractivity contribution in [1.82, 2.24) is 5.32 Å². The highest BCUT2D eigenvalue weighted by molar-refractivity contribution is 5.76. The molecule has 3 N–H and O–H groups in total. The first-order valence-corrected chi connectivity index (χ1v) is 6.82. The van der Waals surface area contributed by atoms with Crippen molar-refractivity contribution in [3.05, 3.63) is 35.4 Å². The maximum absolute atomic E-state index is 11.6. The van der Waals surface area contributed by atoms with E-state index in [1.165, 1.54) is 11.1 Å².